The predicted octanol–water partition coefficient (Wildman–Crippen LogP) is 6.32. The molecule has 3 rings (SSSR count). The Hall–Kier alpha value is -1.20. The molecule has 3 aliphatic rings. The Morgan fingerprint density at radius 2 is 1.62 bits per heavy atom. The largest absolute Gasteiger partial charge is 0.393 e. The smallest absolute Gasteiger partial charge is 0.0822 e. The molecule has 3 N–H and O–H groups in total. The lowest BCUT2D eigenvalue weighted by Crippen LogP contribution is -2.33. The van der Waals surface area contributed by atoms with E-state index in [0.717, 1.165) is 32.1 Å². The van der Waals surface area contributed by atoms with Crippen molar-refractivity contribution in [2.45, 2.75) is 128 Å². The van der Waals surface area contributed by atoms with Crippen molar-refractivity contribution in [1.29, 1.82) is 0 Å². The second-order valence-corrected chi connectivity index (χ2v) is 11.1. The lowest BCUT2D eigenvalue weighted by atomic mass is 9.63. The monoisotopic (exact) mass is 472 g/mol. The highest BCUT2D eigenvalue weighted by Gasteiger charge is 2.37. The first-order valence-electron chi connectivity index (χ1n) is 13.8. The Bertz CT molecular complexity index is 723. The second-order valence-electron chi connectivity index (χ2n) is 11.1. The second kappa shape index (κ2) is 13.2. The Kier molecular flexibility index (Phi) is 10.6. The first kappa shape index (κ1) is 27.4. The van der Waals surface area contributed by atoms with Crippen LogP contribution in [0.1, 0.15) is 104 Å². The van der Waals surface area contributed by atoms with Gasteiger partial charge in [0.2, 0.25) is 0 Å². The molecule has 0 radical (unpaired) electrons. The fraction of sp³-hybridized carbons (Fsp3) is 0.733. The number of hydrogen-bond donors (Lipinski definition) is 3. The third kappa shape index (κ3) is 8.48. The Labute approximate surface area is 207 Å². The van der Waals surface area contributed by atoms with Gasteiger partial charge in [0.25, 0.3) is 0 Å². The summed E-state index contributed by atoms with van der Waals surface area (Å²) in [4.78, 5) is 0. The van der Waals surface area contributed by atoms with Crippen LogP contribution in [-0.4, -0.2) is 45.8 Å². The van der Waals surface area contributed by atoms with E-state index in [0.29, 0.717) is 37.4 Å². The molecule has 4 heteroatoms. The van der Waals surface area contributed by atoms with Crippen molar-refractivity contribution in [2.75, 3.05) is 6.61 Å². The summed E-state index contributed by atoms with van der Waals surface area (Å²) in [7, 11) is 0. The highest BCUT2D eigenvalue weighted by atomic mass is 16.5. The highest BCUT2D eigenvalue weighted by molar-refractivity contribution is 5.22. The molecule has 192 valence electrons. The van der Waals surface area contributed by atoms with Crippen LogP contribution in [0.5, 0.6) is 0 Å². The van der Waals surface area contributed by atoms with Crippen LogP contribution in [0, 0.1) is 5.41 Å². The number of allylic oxidation sites excluding steroid dienone is 5. The molecule has 0 amide bonds. The van der Waals surface area contributed by atoms with Gasteiger partial charge < -0.3 is 20.1 Å². The summed E-state index contributed by atoms with van der Waals surface area (Å²) >= 11 is 0. The minimum atomic E-state index is -0.658. The quantitative estimate of drug-likeness (QED) is 0.344. The molecular weight excluding hydrogens is 424 g/mol. The third-order valence-electron chi connectivity index (χ3n) is 8.41. The van der Waals surface area contributed by atoms with Crippen LogP contribution in [0.3, 0.4) is 0 Å². The first-order valence-corrected chi connectivity index (χ1v) is 13.8. The van der Waals surface area contributed by atoms with E-state index in [1.165, 1.54) is 44.1 Å². The van der Waals surface area contributed by atoms with Gasteiger partial charge in [-0.1, -0.05) is 61.4 Å². The van der Waals surface area contributed by atoms with Gasteiger partial charge in [-0.05, 0) is 95.3 Å². The fourth-order valence-corrected chi connectivity index (χ4v) is 6.04. The lowest BCUT2D eigenvalue weighted by Gasteiger charge is -2.43. The maximum Gasteiger partial charge on any atom is 0.0822 e. The first-order chi connectivity index (χ1) is 16.4. The molecule has 0 bridgehead atoms. The molecule has 0 saturated heterocycles. The van der Waals surface area contributed by atoms with Crippen molar-refractivity contribution in [1.82, 2.24) is 0 Å². The minimum absolute atomic E-state index is 0.373. The van der Waals surface area contributed by atoms with E-state index in [1.54, 1.807) is 5.57 Å². The molecule has 0 heterocycles. The van der Waals surface area contributed by atoms with Gasteiger partial charge in [0.15, 0.2) is 0 Å². The molecular formula is C30H48O4. The van der Waals surface area contributed by atoms with Crippen LogP contribution in [0.15, 0.2) is 47.6 Å². The molecule has 4 nitrogen and oxygen atoms in total. The Morgan fingerprint density at radius 1 is 0.941 bits per heavy atom. The van der Waals surface area contributed by atoms with Gasteiger partial charge in [-0.3, -0.25) is 0 Å². The summed E-state index contributed by atoms with van der Waals surface area (Å²) in [5.74, 6) is 0. The lowest BCUT2D eigenvalue weighted by molar-refractivity contribution is 0.00279. The number of aliphatic hydroxyl groups excluding tert-OH is 2. The summed E-state index contributed by atoms with van der Waals surface area (Å²) in [5, 5.41) is 30.1. The zero-order valence-electron chi connectivity index (χ0n) is 21.6. The van der Waals surface area contributed by atoms with Crippen molar-refractivity contribution in [3.63, 3.8) is 0 Å². The number of hydrogen-bond acceptors (Lipinski definition) is 4. The molecule has 0 aromatic carbocycles. The summed E-state index contributed by atoms with van der Waals surface area (Å²) in [6.45, 7) is 4.71. The molecule has 1 spiro atoms. The van der Waals surface area contributed by atoms with Crippen molar-refractivity contribution in [3.05, 3.63) is 47.6 Å². The van der Waals surface area contributed by atoms with Gasteiger partial charge >= 0.3 is 0 Å². The van der Waals surface area contributed by atoms with Crippen LogP contribution in [-0.2, 0) is 4.74 Å². The topological polar surface area (TPSA) is 69.9 Å². The molecule has 3 aliphatic carbocycles. The summed E-state index contributed by atoms with van der Waals surface area (Å²) in [5.41, 5.74) is 2.52. The predicted molar refractivity (Wildman–Crippen MR) is 140 cm³/mol. The van der Waals surface area contributed by atoms with E-state index in [2.05, 4.69) is 30.4 Å². The Morgan fingerprint density at radius 3 is 2.29 bits per heavy atom. The van der Waals surface area contributed by atoms with E-state index in [9.17, 15) is 15.3 Å². The van der Waals surface area contributed by atoms with E-state index in [-0.39, 0.29) is 0 Å². The average molecular weight is 473 g/mol. The van der Waals surface area contributed by atoms with Crippen LogP contribution in [0.25, 0.3) is 0 Å². The van der Waals surface area contributed by atoms with E-state index in [1.807, 2.05) is 19.9 Å². The maximum atomic E-state index is 10.3. The number of rotatable bonds is 9. The zero-order chi connectivity index (χ0) is 24.4. The van der Waals surface area contributed by atoms with Gasteiger partial charge in [0.1, 0.15) is 0 Å². The molecule has 0 unspecified atom stereocenters. The SMILES string of the molecule is CCC(O)(/C=C/C/C=C/COC1CCC2(CCC/C(=C\C=C3C[C@@H](O)C[C@@H](O)C3)C2)CC1)CC. The van der Waals surface area contributed by atoms with Crippen LogP contribution < -0.4 is 0 Å². The van der Waals surface area contributed by atoms with Gasteiger partial charge in [0, 0.05) is 0 Å². The summed E-state index contributed by atoms with van der Waals surface area (Å²) in [6, 6.07) is 0. The number of ether oxygens (including phenoxy) is 1. The van der Waals surface area contributed by atoms with E-state index in [4.69, 9.17) is 4.74 Å². The fourth-order valence-electron chi connectivity index (χ4n) is 6.04. The van der Waals surface area contributed by atoms with Crippen LogP contribution >= 0.6 is 0 Å². The zero-order valence-corrected chi connectivity index (χ0v) is 21.6. The van der Waals surface area contributed by atoms with Crippen molar-refractivity contribution >= 4 is 0 Å². The standard InChI is InChI=1S/C30H48O4/c1-3-30(33,4-2)16-7-5-6-8-19-34-28-13-17-29(18-14-28)15-9-10-24(23-29)11-12-25-20-26(31)22-27(32)21-25/h6-8,11-12,16,26-28,31-33H,3-5,9-10,13-15,17-23H2,1-2H3/b8-6+,16-7+,24-11+,25-12?/t26-,27+,28?,29?. The molecule has 0 aliphatic heterocycles. The summed E-state index contributed by atoms with van der Waals surface area (Å²) < 4.78 is 6.15. The van der Waals surface area contributed by atoms with Crippen molar-refractivity contribution in [2.24, 2.45) is 5.41 Å². The van der Waals surface area contributed by atoms with Crippen molar-refractivity contribution in [3.8, 4) is 0 Å². The maximum absolute atomic E-state index is 10.3. The van der Waals surface area contributed by atoms with E-state index < -0.39 is 17.8 Å². The Balaban J connectivity index is 1.39. The molecule has 3 saturated carbocycles. The highest BCUT2D eigenvalue weighted by Crippen LogP contribution is 2.49. The van der Waals surface area contributed by atoms with Gasteiger partial charge in [0.05, 0.1) is 30.5 Å². The summed E-state index contributed by atoms with van der Waals surface area (Å²) in [6.07, 6.45) is 26.3. The normalized spacial score (nSPS) is 33.6. The molecule has 0 aromatic heterocycles. The third-order valence-corrected chi connectivity index (χ3v) is 8.41. The minimum Gasteiger partial charge on any atom is -0.393 e. The van der Waals surface area contributed by atoms with Crippen molar-refractivity contribution < 1.29 is 20.1 Å². The molecule has 2 atom stereocenters. The van der Waals surface area contributed by atoms with Crippen LogP contribution in [0.2, 0.25) is 0 Å². The molecule has 3 fully saturated rings. The average Bonchev–Trinajstić information content (AvgIpc) is 2.83. The van der Waals surface area contributed by atoms with Gasteiger partial charge in [-0.15, -0.1) is 0 Å². The number of aliphatic hydroxyl groups is 3. The van der Waals surface area contributed by atoms with Gasteiger partial charge in [-0.25, -0.2) is 0 Å². The van der Waals surface area contributed by atoms with Crippen LogP contribution in [0.4, 0.5) is 0 Å². The molecule has 0 aromatic rings. The van der Waals surface area contributed by atoms with Gasteiger partial charge in [-0.2, -0.15) is 0 Å². The van der Waals surface area contributed by atoms with E-state index >= 15 is 0 Å². The molecule has 34 heavy (non-hydrogen) atoms.